The largest absolute Gasteiger partial charge is 0.497 e. The highest BCUT2D eigenvalue weighted by atomic mass is 16.5. The molecule has 0 fully saturated rings. The zero-order chi connectivity index (χ0) is 9.84. The van der Waals surface area contributed by atoms with Gasteiger partial charge < -0.3 is 15.6 Å². The average molecular weight is 181 g/mol. The van der Waals surface area contributed by atoms with E-state index in [9.17, 15) is 9.90 Å². The fourth-order valence-electron chi connectivity index (χ4n) is 0.950. The number of benzene rings is 1. The predicted molar refractivity (Wildman–Crippen MR) is 47.1 cm³/mol. The van der Waals surface area contributed by atoms with Crippen LogP contribution in [0, 0.1) is 0 Å². The van der Waals surface area contributed by atoms with Crippen molar-refractivity contribution in [2.45, 2.75) is 6.10 Å². The van der Waals surface area contributed by atoms with Gasteiger partial charge in [-0.15, -0.1) is 0 Å². The SMILES string of the molecule is COc1ccc(C(O)C(N)=O)cc1. The highest BCUT2D eigenvalue weighted by Gasteiger charge is 2.12. The molecule has 0 spiro atoms. The van der Waals surface area contributed by atoms with Crippen molar-refractivity contribution in [3.63, 3.8) is 0 Å². The number of aliphatic hydroxyl groups excluding tert-OH is 1. The Bertz CT molecular complexity index is 294. The summed E-state index contributed by atoms with van der Waals surface area (Å²) in [5, 5.41) is 9.25. The summed E-state index contributed by atoms with van der Waals surface area (Å²) >= 11 is 0. The van der Waals surface area contributed by atoms with E-state index in [1.165, 1.54) is 0 Å². The van der Waals surface area contributed by atoms with Crippen LogP contribution in [0.3, 0.4) is 0 Å². The molecule has 0 aliphatic heterocycles. The molecule has 0 saturated heterocycles. The Balaban J connectivity index is 2.85. The van der Waals surface area contributed by atoms with E-state index in [-0.39, 0.29) is 0 Å². The normalized spacial score (nSPS) is 12.2. The summed E-state index contributed by atoms with van der Waals surface area (Å²) in [7, 11) is 1.54. The zero-order valence-electron chi connectivity index (χ0n) is 7.23. The van der Waals surface area contributed by atoms with Crippen LogP contribution in [0.2, 0.25) is 0 Å². The lowest BCUT2D eigenvalue weighted by Crippen LogP contribution is -2.20. The third-order valence-electron chi connectivity index (χ3n) is 1.70. The molecule has 1 rings (SSSR count). The molecule has 13 heavy (non-hydrogen) atoms. The topological polar surface area (TPSA) is 72.6 Å². The van der Waals surface area contributed by atoms with Crippen LogP contribution < -0.4 is 10.5 Å². The van der Waals surface area contributed by atoms with Crippen molar-refractivity contribution in [3.8, 4) is 5.75 Å². The molecule has 4 nitrogen and oxygen atoms in total. The van der Waals surface area contributed by atoms with Gasteiger partial charge in [-0.25, -0.2) is 0 Å². The van der Waals surface area contributed by atoms with Crippen molar-refractivity contribution >= 4 is 5.91 Å². The lowest BCUT2D eigenvalue weighted by molar-refractivity contribution is -0.126. The van der Waals surface area contributed by atoms with Crippen LogP contribution in [0.15, 0.2) is 24.3 Å². The van der Waals surface area contributed by atoms with Crippen molar-refractivity contribution in [2.75, 3.05) is 7.11 Å². The predicted octanol–water partition coefficient (Wildman–Crippen LogP) is 0.214. The van der Waals surface area contributed by atoms with Crippen molar-refractivity contribution in [3.05, 3.63) is 29.8 Å². The summed E-state index contributed by atoms with van der Waals surface area (Å²) in [5.41, 5.74) is 5.38. The Hall–Kier alpha value is -1.55. The van der Waals surface area contributed by atoms with Gasteiger partial charge in [0.15, 0.2) is 6.10 Å². The number of amides is 1. The minimum atomic E-state index is -1.24. The fraction of sp³-hybridized carbons (Fsp3) is 0.222. The third-order valence-corrected chi connectivity index (χ3v) is 1.70. The van der Waals surface area contributed by atoms with E-state index in [4.69, 9.17) is 10.5 Å². The molecule has 1 unspecified atom stereocenters. The van der Waals surface area contributed by atoms with E-state index >= 15 is 0 Å². The van der Waals surface area contributed by atoms with Gasteiger partial charge in [0.05, 0.1) is 7.11 Å². The molecule has 3 N–H and O–H groups in total. The number of aliphatic hydroxyl groups is 1. The van der Waals surface area contributed by atoms with Gasteiger partial charge in [0.2, 0.25) is 0 Å². The molecule has 4 heteroatoms. The van der Waals surface area contributed by atoms with Crippen LogP contribution in [0.1, 0.15) is 11.7 Å². The van der Waals surface area contributed by atoms with Gasteiger partial charge in [-0.1, -0.05) is 12.1 Å². The zero-order valence-corrected chi connectivity index (χ0v) is 7.23. The first kappa shape index (κ1) is 9.54. The molecule has 0 heterocycles. The Kier molecular flexibility index (Phi) is 2.87. The summed E-state index contributed by atoms with van der Waals surface area (Å²) in [6.45, 7) is 0. The maximum Gasteiger partial charge on any atom is 0.250 e. The number of methoxy groups -OCH3 is 1. The molecular formula is C9H11NO3. The third kappa shape index (κ3) is 2.19. The molecule has 1 aromatic carbocycles. The van der Waals surface area contributed by atoms with Gasteiger partial charge in [0.25, 0.3) is 5.91 Å². The molecule has 0 aliphatic carbocycles. The second-order valence-corrected chi connectivity index (χ2v) is 2.58. The molecule has 1 amide bonds. The maximum absolute atomic E-state index is 10.6. The van der Waals surface area contributed by atoms with E-state index in [0.29, 0.717) is 11.3 Å². The van der Waals surface area contributed by atoms with Gasteiger partial charge in [-0.2, -0.15) is 0 Å². The highest BCUT2D eigenvalue weighted by molar-refractivity contribution is 5.80. The standard InChI is InChI=1S/C9H11NO3/c1-13-7-4-2-6(3-5-7)8(11)9(10)12/h2-5,8,11H,1H3,(H2,10,12). The molecule has 70 valence electrons. The molecule has 0 bridgehead atoms. The summed E-state index contributed by atoms with van der Waals surface area (Å²) in [4.78, 5) is 10.6. The van der Waals surface area contributed by atoms with E-state index in [1.54, 1.807) is 31.4 Å². The van der Waals surface area contributed by atoms with Crippen molar-refractivity contribution < 1.29 is 14.6 Å². The second kappa shape index (κ2) is 3.91. The van der Waals surface area contributed by atoms with Crippen LogP contribution in [-0.2, 0) is 4.79 Å². The molecule has 0 saturated carbocycles. The number of nitrogens with two attached hydrogens (primary N) is 1. The van der Waals surface area contributed by atoms with Crippen LogP contribution in [0.5, 0.6) is 5.75 Å². The van der Waals surface area contributed by atoms with E-state index < -0.39 is 12.0 Å². The fourth-order valence-corrected chi connectivity index (χ4v) is 0.950. The van der Waals surface area contributed by atoms with Gasteiger partial charge >= 0.3 is 0 Å². The number of hydrogen-bond donors (Lipinski definition) is 2. The summed E-state index contributed by atoms with van der Waals surface area (Å²) in [6.07, 6.45) is -1.24. The van der Waals surface area contributed by atoms with Gasteiger partial charge in [-0.05, 0) is 17.7 Å². The van der Waals surface area contributed by atoms with E-state index in [0.717, 1.165) is 0 Å². The Morgan fingerprint density at radius 1 is 1.46 bits per heavy atom. The van der Waals surface area contributed by atoms with Crippen molar-refractivity contribution in [1.82, 2.24) is 0 Å². The van der Waals surface area contributed by atoms with Gasteiger partial charge in [0.1, 0.15) is 5.75 Å². The monoisotopic (exact) mass is 181 g/mol. The summed E-state index contributed by atoms with van der Waals surface area (Å²) in [5.74, 6) is -0.0920. The lowest BCUT2D eigenvalue weighted by atomic mass is 10.1. The first-order chi connectivity index (χ1) is 6.15. The van der Waals surface area contributed by atoms with Crippen molar-refractivity contribution in [2.24, 2.45) is 5.73 Å². The number of carbonyl (C=O) groups excluding carboxylic acids is 1. The number of hydrogen-bond acceptors (Lipinski definition) is 3. The number of rotatable bonds is 3. The molecule has 0 aliphatic rings. The first-order valence-corrected chi connectivity index (χ1v) is 3.76. The number of ether oxygens (including phenoxy) is 1. The Morgan fingerprint density at radius 3 is 2.38 bits per heavy atom. The number of carbonyl (C=O) groups is 1. The first-order valence-electron chi connectivity index (χ1n) is 3.76. The van der Waals surface area contributed by atoms with Crippen LogP contribution in [-0.4, -0.2) is 18.1 Å². The average Bonchev–Trinajstić information content (AvgIpc) is 2.17. The second-order valence-electron chi connectivity index (χ2n) is 2.58. The highest BCUT2D eigenvalue weighted by Crippen LogP contribution is 2.16. The minimum absolute atomic E-state index is 0.466. The molecular weight excluding hydrogens is 170 g/mol. The van der Waals surface area contributed by atoms with Gasteiger partial charge in [-0.3, -0.25) is 4.79 Å². The molecule has 1 atom stereocenters. The smallest absolute Gasteiger partial charge is 0.250 e. The Labute approximate surface area is 75.9 Å². The molecule has 1 aromatic rings. The van der Waals surface area contributed by atoms with E-state index in [2.05, 4.69) is 0 Å². The lowest BCUT2D eigenvalue weighted by Gasteiger charge is -2.06. The molecule has 0 aromatic heterocycles. The number of primary amides is 1. The summed E-state index contributed by atoms with van der Waals surface area (Å²) in [6, 6.07) is 6.49. The summed E-state index contributed by atoms with van der Waals surface area (Å²) < 4.78 is 4.91. The quantitative estimate of drug-likeness (QED) is 0.700. The Morgan fingerprint density at radius 2 is 2.00 bits per heavy atom. The maximum atomic E-state index is 10.6. The van der Waals surface area contributed by atoms with Crippen LogP contribution in [0.4, 0.5) is 0 Å². The van der Waals surface area contributed by atoms with Crippen molar-refractivity contribution in [1.29, 1.82) is 0 Å². The van der Waals surface area contributed by atoms with Crippen LogP contribution in [0.25, 0.3) is 0 Å². The van der Waals surface area contributed by atoms with Gasteiger partial charge in [0, 0.05) is 0 Å². The van der Waals surface area contributed by atoms with Crippen LogP contribution >= 0.6 is 0 Å². The van der Waals surface area contributed by atoms with E-state index in [1.807, 2.05) is 0 Å². The molecule has 0 radical (unpaired) electrons. The minimum Gasteiger partial charge on any atom is -0.497 e.